The van der Waals surface area contributed by atoms with E-state index in [1.165, 1.54) is 0 Å². The van der Waals surface area contributed by atoms with Gasteiger partial charge < -0.3 is 10.4 Å². The number of benzene rings is 3. The summed E-state index contributed by atoms with van der Waals surface area (Å²) in [5.74, 6) is -2.72. The van der Waals surface area contributed by atoms with Crippen molar-refractivity contribution in [2.24, 2.45) is 0 Å². The first-order chi connectivity index (χ1) is 14.3. The normalized spacial score (nSPS) is 12.4. The summed E-state index contributed by atoms with van der Waals surface area (Å²) in [6.07, 6.45) is -4.52. The molecular weight excluding hydrogens is 395 g/mol. The Balaban J connectivity index is 1.93. The van der Waals surface area contributed by atoms with Gasteiger partial charge >= 0.3 is 12.1 Å². The Morgan fingerprint density at radius 2 is 1.23 bits per heavy atom. The van der Waals surface area contributed by atoms with E-state index in [4.69, 9.17) is 0 Å². The van der Waals surface area contributed by atoms with Gasteiger partial charge in [-0.25, -0.2) is 4.79 Å². The molecule has 0 fully saturated rings. The standard InChI is InChI=1S/C23H18F3NO3/c24-23(25,26)18-13-11-17(12-14-18)21(28)27-20(22(29)30)19(15-7-3-1-4-8-15)16-9-5-2-6-10-16/h1-14,19-20H,(H,27,28)(H,29,30)/t20-/m0/s1. The second-order valence-electron chi connectivity index (χ2n) is 6.66. The Morgan fingerprint density at radius 1 is 0.767 bits per heavy atom. The SMILES string of the molecule is O=C(N[C@H](C(=O)O)C(c1ccccc1)c1ccccc1)c1ccc(C(F)(F)F)cc1. The van der Waals surface area contributed by atoms with Gasteiger partial charge in [0.1, 0.15) is 6.04 Å². The van der Waals surface area contributed by atoms with Crippen molar-refractivity contribution in [2.75, 3.05) is 0 Å². The van der Waals surface area contributed by atoms with Crippen LogP contribution in [0.3, 0.4) is 0 Å². The summed E-state index contributed by atoms with van der Waals surface area (Å²) in [4.78, 5) is 24.7. The highest BCUT2D eigenvalue weighted by atomic mass is 19.4. The highest BCUT2D eigenvalue weighted by Gasteiger charge is 2.33. The molecule has 0 heterocycles. The Labute approximate surface area is 171 Å². The number of hydrogen-bond acceptors (Lipinski definition) is 2. The number of carboxylic acid groups (broad SMARTS) is 1. The van der Waals surface area contributed by atoms with Gasteiger partial charge in [0.15, 0.2) is 0 Å². The third-order valence-electron chi connectivity index (χ3n) is 4.68. The largest absolute Gasteiger partial charge is 0.480 e. The van der Waals surface area contributed by atoms with Gasteiger partial charge in [0.2, 0.25) is 0 Å². The van der Waals surface area contributed by atoms with E-state index < -0.39 is 35.6 Å². The number of aliphatic carboxylic acids is 1. The molecule has 0 aliphatic heterocycles. The minimum absolute atomic E-state index is 0.0610. The van der Waals surface area contributed by atoms with Gasteiger partial charge in [0.05, 0.1) is 5.56 Å². The summed E-state index contributed by atoms with van der Waals surface area (Å²) in [5.41, 5.74) is 0.419. The molecule has 30 heavy (non-hydrogen) atoms. The highest BCUT2D eigenvalue weighted by Crippen LogP contribution is 2.30. The zero-order chi connectivity index (χ0) is 21.7. The molecule has 1 amide bonds. The fraction of sp³-hybridized carbons (Fsp3) is 0.130. The number of halogens is 3. The summed E-state index contributed by atoms with van der Waals surface area (Å²) < 4.78 is 38.2. The number of hydrogen-bond donors (Lipinski definition) is 2. The Bertz CT molecular complexity index is 964. The van der Waals surface area contributed by atoms with Crippen LogP contribution in [-0.4, -0.2) is 23.0 Å². The molecule has 2 N–H and O–H groups in total. The van der Waals surface area contributed by atoms with Crippen LogP contribution in [0.25, 0.3) is 0 Å². The van der Waals surface area contributed by atoms with E-state index in [0.717, 1.165) is 24.3 Å². The first-order valence-corrected chi connectivity index (χ1v) is 9.08. The molecule has 4 nitrogen and oxygen atoms in total. The van der Waals surface area contributed by atoms with Crippen LogP contribution in [0.5, 0.6) is 0 Å². The van der Waals surface area contributed by atoms with Crippen LogP contribution in [-0.2, 0) is 11.0 Å². The number of carbonyl (C=O) groups is 2. The average molecular weight is 413 g/mol. The van der Waals surface area contributed by atoms with Gasteiger partial charge in [0.25, 0.3) is 5.91 Å². The molecule has 3 aromatic carbocycles. The van der Waals surface area contributed by atoms with E-state index in [1.807, 2.05) is 0 Å². The monoisotopic (exact) mass is 413 g/mol. The molecule has 0 aromatic heterocycles. The number of carboxylic acids is 1. The smallest absolute Gasteiger partial charge is 0.416 e. The Hall–Kier alpha value is -3.61. The van der Waals surface area contributed by atoms with E-state index >= 15 is 0 Å². The predicted octanol–water partition coefficient (Wildman–Crippen LogP) is 4.72. The molecule has 0 unspecified atom stereocenters. The number of nitrogens with one attached hydrogen (secondary N) is 1. The molecule has 0 saturated carbocycles. The van der Waals surface area contributed by atoms with E-state index in [1.54, 1.807) is 60.7 Å². The van der Waals surface area contributed by atoms with Crippen LogP contribution in [0, 0.1) is 0 Å². The lowest BCUT2D eigenvalue weighted by Crippen LogP contribution is -2.45. The van der Waals surface area contributed by atoms with Crippen molar-refractivity contribution >= 4 is 11.9 Å². The lowest BCUT2D eigenvalue weighted by Gasteiger charge is -2.26. The van der Waals surface area contributed by atoms with Crippen molar-refractivity contribution in [3.8, 4) is 0 Å². The van der Waals surface area contributed by atoms with Crippen LogP contribution in [0.2, 0.25) is 0 Å². The molecule has 7 heteroatoms. The second kappa shape index (κ2) is 8.82. The number of amides is 1. The van der Waals surface area contributed by atoms with Gasteiger partial charge in [0, 0.05) is 11.5 Å². The quantitative estimate of drug-likeness (QED) is 0.615. The summed E-state index contributed by atoms with van der Waals surface area (Å²) in [5, 5.41) is 12.3. The van der Waals surface area contributed by atoms with Gasteiger partial charge in [-0.2, -0.15) is 13.2 Å². The predicted molar refractivity (Wildman–Crippen MR) is 105 cm³/mol. The first kappa shape index (κ1) is 21.1. The van der Waals surface area contributed by atoms with Crippen molar-refractivity contribution in [3.05, 3.63) is 107 Å². The molecule has 154 valence electrons. The van der Waals surface area contributed by atoms with E-state index in [9.17, 15) is 27.9 Å². The zero-order valence-electron chi connectivity index (χ0n) is 15.6. The fourth-order valence-electron chi connectivity index (χ4n) is 3.22. The lowest BCUT2D eigenvalue weighted by molar-refractivity contribution is -0.139. The maximum atomic E-state index is 12.7. The average Bonchev–Trinajstić information content (AvgIpc) is 2.74. The van der Waals surface area contributed by atoms with E-state index in [0.29, 0.717) is 11.1 Å². The number of alkyl halides is 3. The number of rotatable bonds is 6. The molecule has 0 spiro atoms. The van der Waals surface area contributed by atoms with E-state index in [-0.39, 0.29) is 5.56 Å². The summed E-state index contributed by atoms with van der Waals surface area (Å²) in [7, 11) is 0. The summed E-state index contributed by atoms with van der Waals surface area (Å²) in [6.45, 7) is 0. The number of carbonyl (C=O) groups excluding carboxylic acids is 1. The van der Waals surface area contributed by atoms with Gasteiger partial charge in [-0.15, -0.1) is 0 Å². The molecule has 3 aromatic rings. The van der Waals surface area contributed by atoms with E-state index in [2.05, 4.69) is 5.32 Å². The van der Waals surface area contributed by atoms with Crippen molar-refractivity contribution in [3.63, 3.8) is 0 Å². The molecule has 0 bridgehead atoms. The van der Waals surface area contributed by atoms with Crippen LogP contribution >= 0.6 is 0 Å². The summed E-state index contributed by atoms with van der Waals surface area (Å²) >= 11 is 0. The van der Waals surface area contributed by atoms with Crippen molar-refractivity contribution in [1.29, 1.82) is 0 Å². The van der Waals surface area contributed by atoms with Gasteiger partial charge in [-0.05, 0) is 35.4 Å². The zero-order valence-corrected chi connectivity index (χ0v) is 15.6. The Morgan fingerprint density at radius 3 is 1.63 bits per heavy atom. The first-order valence-electron chi connectivity index (χ1n) is 9.08. The molecule has 0 aliphatic rings. The Kier molecular flexibility index (Phi) is 6.20. The maximum Gasteiger partial charge on any atom is 0.416 e. The third-order valence-corrected chi connectivity index (χ3v) is 4.68. The van der Waals surface area contributed by atoms with Crippen LogP contribution in [0.4, 0.5) is 13.2 Å². The minimum atomic E-state index is -4.52. The van der Waals surface area contributed by atoms with Crippen molar-refractivity contribution < 1.29 is 27.9 Å². The molecule has 1 atom stereocenters. The summed E-state index contributed by atoms with van der Waals surface area (Å²) in [6, 6.07) is 20.0. The van der Waals surface area contributed by atoms with Gasteiger partial charge in [-0.3, -0.25) is 4.79 Å². The fourth-order valence-corrected chi connectivity index (χ4v) is 3.22. The van der Waals surface area contributed by atoms with Crippen molar-refractivity contribution in [2.45, 2.75) is 18.1 Å². The van der Waals surface area contributed by atoms with Gasteiger partial charge in [-0.1, -0.05) is 60.7 Å². The van der Waals surface area contributed by atoms with Crippen LogP contribution in [0.1, 0.15) is 33.0 Å². The second-order valence-corrected chi connectivity index (χ2v) is 6.66. The van der Waals surface area contributed by atoms with Crippen LogP contribution in [0.15, 0.2) is 84.9 Å². The van der Waals surface area contributed by atoms with Crippen LogP contribution < -0.4 is 5.32 Å². The molecular formula is C23H18F3NO3. The maximum absolute atomic E-state index is 12.7. The molecule has 0 radical (unpaired) electrons. The molecule has 0 saturated heterocycles. The lowest BCUT2D eigenvalue weighted by atomic mass is 9.85. The van der Waals surface area contributed by atoms with Crippen molar-refractivity contribution in [1.82, 2.24) is 5.32 Å². The molecule has 0 aliphatic carbocycles. The third kappa shape index (κ3) is 4.86. The highest BCUT2D eigenvalue weighted by molar-refractivity contribution is 5.97. The minimum Gasteiger partial charge on any atom is -0.480 e. The molecule has 3 rings (SSSR count). The topological polar surface area (TPSA) is 66.4 Å².